The lowest BCUT2D eigenvalue weighted by Gasteiger charge is -2.14. The minimum atomic E-state index is -0.523. The van der Waals surface area contributed by atoms with Crippen LogP contribution < -0.4 is 10.1 Å². The van der Waals surface area contributed by atoms with E-state index in [0.29, 0.717) is 11.3 Å². The number of halogens is 5. The van der Waals surface area contributed by atoms with Crippen molar-refractivity contribution in [2.75, 3.05) is 18.5 Å². The van der Waals surface area contributed by atoms with Gasteiger partial charge < -0.3 is 14.8 Å². The quantitative estimate of drug-likeness (QED) is 0.312. The number of ether oxygens (including phenoxy) is 2. The lowest BCUT2D eigenvalue weighted by molar-refractivity contribution is -0.118. The van der Waals surface area contributed by atoms with Crippen molar-refractivity contribution in [2.45, 2.75) is 6.92 Å². The number of rotatable bonds is 6. The zero-order valence-electron chi connectivity index (χ0n) is 13.7. The number of anilines is 1. The van der Waals surface area contributed by atoms with Crippen molar-refractivity contribution in [1.82, 2.24) is 0 Å². The van der Waals surface area contributed by atoms with Crippen LogP contribution in [-0.2, 0) is 9.53 Å². The fourth-order valence-electron chi connectivity index (χ4n) is 1.98. The summed E-state index contributed by atoms with van der Waals surface area (Å²) >= 11 is 29.9. The molecule has 144 valence electrons. The second-order valence-corrected chi connectivity index (χ2v) is 6.93. The lowest BCUT2D eigenvalue weighted by atomic mass is 10.2. The number of amides is 1. The molecule has 0 fully saturated rings. The summed E-state index contributed by atoms with van der Waals surface area (Å²) < 4.78 is 10.2. The molecule has 1 amide bonds. The van der Waals surface area contributed by atoms with Crippen molar-refractivity contribution in [1.29, 1.82) is 0 Å². The third kappa shape index (κ3) is 5.33. The van der Waals surface area contributed by atoms with Gasteiger partial charge in [-0.05, 0) is 25.1 Å². The Morgan fingerprint density at radius 1 is 0.963 bits per heavy atom. The average molecular weight is 472 g/mol. The van der Waals surface area contributed by atoms with Crippen molar-refractivity contribution in [3.63, 3.8) is 0 Å². The SMILES string of the molecule is CCOC(=O)c1cccc(NC(=O)COc2c(Cl)c(Cl)c(Cl)c(Cl)c2Cl)c1. The van der Waals surface area contributed by atoms with E-state index in [1.807, 2.05) is 0 Å². The van der Waals surface area contributed by atoms with Gasteiger partial charge in [-0.2, -0.15) is 0 Å². The van der Waals surface area contributed by atoms with Gasteiger partial charge in [0.15, 0.2) is 12.4 Å². The highest BCUT2D eigenvalue weighted by Gasteiger charge is 2.21. The van der Waals surface area contributed by atoms with Crippen molar-refractivity contribution >= 4 is 75.6 Å². The zero-order chi connectivity index (χ0) is 20.1. The predicted molar refractivity (Wildman–Crippen MR) is 108 cm³/mol. The van der Waals surface area contributed by atoms with Crippen LogP contribution >= 0.6 is 58.0 Å². The van der Waals surface area contributed by atoms with Crippen molar-refractivity contribution in [3.05, 3.63) is 54.9 Å². The fraction of sp³-hybridized carbons (Fsp3) is 0.176. The predicted octanol–water partition coefficient (Wildman–Crippen LogP) is 6.15. The van der Waals surface area contributed by atoms with E-state index in [-0.39, 0.29) is 37.5 Å². The summed E-state index contributed by atoms with van der Waals surface area (Å²) in [5.41, 5.74) is 0.691. The highest BCUT2D eigenvalue weighted by atomic mass is 35.5. The van der Waals surface area contributed by atoms with Gasteiger partial charge in [-0.1, -0.05) is 64.1 Å². The van der Waals surface area contributed by atoms with Crippen LogP contribution in [0.5, 0.6) is 5.75 Å². The molecular formula is C17H12Cl5NO4. The van der Waals surface area contributed by atoms with E-state index in [1.165, 1.54) is 6.07 Å². The van der Waals surface area contributed by atoms with Crippen molar-refractivity contribution in [2.24, 2.45) is 0 Å². The number of carbonyl (C=O) groups excluding carboxylic acids is 2. The molecule has 10 heteroatoms. The van der Waals surface area contributed by atoms with Gasteiger partial charge in [0, 0.05) is 5.69 Å². The number of carbonyl (C=O) groups is 2. The summed E-state index contributed by atoms with van der Waals surface area (Å²) in [6.07, 6.45) is 0. The third-order valence-electron chi connectivity index (χ3n) is 3.17. The van der Waals surface area contributed by atoms with Crippen LogP contribution in [0, 0.1) is 0 Å². The summed E-state index contributed by atoms with van der Waals surface area (Å²) in [6, 6.07) is 6.26. The lowest BCUT2D eigenvalue weighted by Crippen LogP contribution is -2.20. The van der Waals surface area contributed by atoms with Crippen molar-refractivity contribution in [3.8, 4) is 5.75 Å². The van der Waals surface area contributed by atoms with Gasteiger partial charge in [-0.25, -0.2) is 4.79 Å². The molecule has 27 heavy (non-hydrogen) atoms. The molecular weight excluding hydrogens is 459 g/mol. The number of hydrogen-bond acceptors (Lipinski definition) is 4. The molecule has 0 atom stereocenters. The molecule has 0 aliphatic heterocycles. The maximum Gasteiger partial charge on any atom is 0.338 e. The topological polar surface area (TPSA) is 64.6 Å². The molecule has 0 aliphatic rings. The molecule has 1 N–H and O–H groups in total. The Balaban J connectivity index is 2.08. The minimum absolute atomic E-state index is 0.0130. The Bertz CT molecular complexity index is 859. The van der Waals surface area contributed by atoms with Gasteiger partial charge in [-0.15, -0.1) is 0 Å². The monoisotopic (exact) mass is 469 g/mol. The highest BCUT2D eigenvalue weighted by molar-refractivity contribution is 6.55. The number of nitrogens with one attached hydrogen (secondary N) is 1. The molecule has 0 radical (unpaired) electrons. The Hall–Kier alpha value is -1.37. The molecule has 2 rings (SSSR count). The first kappa shape index (κ1) is 21.9. The van der Waals surface area contributed by atoms with E-state index in [1.54, 1.807) is 25.1 Å². The number of esters is 1. The summed E-state index contributed by atoms with van der Waals surface area (Å²) in [6.45, 7) is 1.51. The van der Waals surface area contributed by atoms with Crippen LogP contribution in [-0.4, -0.2) is 25.1 Å². The van der Waals surface area contributed by atoms with Crippen molar-refractivity contribution < 1.29 is 19.1 Å². The Morgan fingerprint density at radius 3 is 2.15 bits per heavy atom. The van der Waals surface area contributed by atoms with Crippen LogP contribution in [0.4, 0.5) is 5.69 Å². The molecule has 0 aromatic heterocycles. The molecule has 0 saturated carbocycles. The van der Waals surface area contributed by atoms with E-state index >= 15 is 0 Å². The van der Waals surface area contributed by atoms with Gasteiger partial charge >= 0.3 is 5.97 Å². The Kier molecular flexibility index (Phi) is 7.89. The Labute approximate surface area is 180 Å². The first-order chi connectivity index (χ1) is 12.8. The molecule has 2 aromatic carbocycles. The van der Waals surface area contributed by atoms with Gasteiger partial charge in [0.1, 0.15) is 10.0 Å². The molecule has 0 heterocycles. The molecule has 0 bridgehead atoms. The molecule has 5 nitrogen and oxygen atoms in total. The first-order valence-corrected chi connectivity index (χ1v) is 9.36. The van der Waals surface area contributed by atoms with Crippen LogP contribution in [0.3, 0.4) is 0 Å². The van der Waals surface area contributed by atoms with Crippen LogP contribution in [0.25, 0.3) is 0 Å². The fourth-order valence-corrected chi connectivity index (χ4v) is 3.21. The Morgan fingerprint density at radius 2 is 1.56 bits per heavy atom. The maximum atomic E-state index is 12.1. The van der Waals surface area contributed by atoms with E-state index in [9.17, 15) is 9.59 Å². The maximum absolute atomic E-state index is 12.1. The van der Waals surface area contributed by atoms with E-state index in [0.717, 1.165) is 0 Å². The normalized spacial score (nSPS) is 10.4. The molecule has 0 saturated heterocycles. The molecule has 0 aliphatic carbocycles. The summed E-state index contributed by atoms with van der Waals surface area (Å²) in [7, 11) is 0. The van der Waals surface area contributed by atoms with Gasteiger partial charge in [0.25, 0.3) is 5.91 Å². The molecule has 0 spiro atoms. The minimum Gasteiger partial charge on any atom is -0.481 e. The summed E-state index contributed by atoms with van der Waals surface area (Å²) in [5.74, 6) is -1.08. The van der Waals surface area contributed by atoms with Gasteiger partial charge in [0.2, 0.25) is 0 Å². The second-order valence-electron chi connectivity index (χ2n) is 5.04. The largest absolute Gasteiger partial charge is 0.481 e. The number of hydrogen-bond donors (Lipinski definition) is 1. The molecule has 0 unspecified atom stereocenters. The van der Waals surface area contributed by atoms with Gasteiger partial charge in [0.05, 0.1) is 27.2 Å². The van der Waals surface area contributed by atoms with Crippen LogP contribution in [0.2, 0.25) is 25.1 Å². The smallest absolute Gasteiger partial charge is 0.338 e. The first-order valence-electron chi connectivity index (χ1n) is 7.47. The number of benzene rings is 2. The standard InChI is InChI=1S/C17H12Cl5NO4/c1-2-26-17(25)8-4-3-5-9(6-8)23-10(24)7-27-16-14(21)12(19)11(18)13(20)15(16)22/h3-6H,2,7H2,1H3,(H,23,24). The van der Waals surface area contributed by atoms with E-state index in [4.69, 9.17) is 67.5 Å². The average Bonchev–Trinajstić information content (AvgIpc) is 2.65. The van der Waals surface area contributed by atoms with E-state index in [2.05, 4.69) is 5.32 Å². The second kappa shape index (κ2) is 9.71. The summed E-state index contributed by atoms with van der Waals surface area (Å²) in [4.78, 5) is 23.9. The van der Waals surface area contributed by atoms with Crippen LogP contribution in [0.1, 0.15) is 17.3 Å². The van der Waals surface area contributed by atoms with Crippen LogP contribution in [0.15, 0.2) is 24.3 Å². The summed E-state index contributed by atoms with van der Waals surface area (Å²) in [5, 5.41) is 2.37. The zero-order valence-corrected chi connectivity index (χ0v) is 17.5. The van der Waals surface area contributed by atoms with Gasteiger partial charge in [-0.3, -0.25) is 4.79 Å². The van der Waals surface area contributed by atoms with E-state index < -0.39 is 18.5 Å². The molecule has 2 aromatic rings. The highest BCUT2D eigenvalue weighted by Crippen LogP contribution is 2.48. The third-order valence-corrected chi connectivity index (χ3v) is 5.42.